The molecule has 4 heteroatoms. The van der Waals surface area contributed by atoms with Crippen molar-refractivity contribution in [1.29, 1.82) is 0 Å². The van der Waals surface area contributed by atoms with Gasteiger partial charge in [-0.3, -0.25) is 4.79 Å². The van der Waals surface area contributed by atoms with Crippen molar-refractivity contribution in [3.63, 3.8) is 0 Å². The summed E-state index contributed by atoms with van der Waals surface area (Å²) in [6.07, 6.45) is 0. The van der Waals surface area contributed by atoms with Crippen LogP contribution in [-0.4, -0.2) is 18.0 Å². The summed E-state index contributed by atoms with van der Waals surface area (Å²) in [6, 6.07) is 5.33. The van der Waals surface area contributed by atoms with Gasteiger partial charge in [0, 0.05) is 12.5 Å². The van der Waals surface area contributed by atoms with Crippen LogP contribution < -0.4 is 4.74 Å². The zero-order chi connectivity index (χ0) is 12.0. The Morgan fingerprint density at radius 2 is 2.31 bits per heavy atom. The molecule has 0 aliphatic rings. The van der Waals surface area contributed by atoms with E-state index in [4.69, 9.17) is 16.3 Å². The Hall–Kier alpha value is -1.11. The highest BCUT2D eigenvalue weighted by molar-refractivity contribution is 8.13. The monoisotopic (exact) mass is 254 g/mol. The minimum absolute atomic E-state index is 0.0722. The molecule has 0 radical (unpaired) electrons. The number of hydrogen-bond acceptors (Lipinski definition) is 3. The fourth-order valence-corrected chi connectivity index (χ4v) is 1.56. The average Bonchev–Trinajstić information content (AvgIpc) is 2.26. The molecule has 1 rings (SSSR count). The van der Waals surface area contributed by atoms with Crippen molar-refractivity contribution in [2.24, 2.45) is 0 Å². The number of carbonyl (C=O) groups is 1. The summed E-state index contributed by atoms with van der Waals surface area (Å²) in [4.78, 5) is 10.7. The first kappa shape index (κ1) is 13.0. The lowest BCUT2D eigenvalue weighted by molar-refractivity contribution is -0.109. The van der Waals surface area contributed by atoms with Crippen LogP contribution in [0.1, 0.15) is 12.5 Å². The van der Waals surface area contributed by atoms with Crippen molar-refractivity contribution in [2.75, 3.05) is 12.9 Å². The molecule has 1 aromatic carbocycles. The van der Waals surface area contributed by atoms with E-state index in [9.17, 15) is 4.79 Å². The van der Waals surface area contributed by atoms with Gasteiger partial charge in [0.1, 0.15) is 5.75 Å². The molecule has 0 spiro atoms. The summed E-state index contributed by atoms with van der Waals surface area (Å²) >= 11 is 7.07. The maximum atomic E-state index is 10.7. The fourth-order valence-electron chi connectivity index (χ4n) is 1.01. The van der Waals surface area contributed by atoms with Crippen LogP contribution in [0.25, 0.3) is 0 Å². The van der Waals surface area contributed by atoms with Gasteiger partial charge in [0.2, 0.25) is 0 Å². The zero-order valence-electron chi connectivity index (χ0n) is 9.04. The van der Waals surface area contributed by atoms with Gasteiger partial charge in [-0.2, -0.15) is 0 Å². The smallest absolute Gasteiger partial charge is 0.186 e. The summed E-state index contributed by atoms with van der Waals surface area (Å²) in [5.74, 6) is 6.94. The lowest BCUT2D eigenvalue weighted by Crippen LogP contribution is -1.86. The van der Waals surface area contributed by atoms with Gasteiger partial charge in [0.25, 0.3) is 0 Å². The molecule has 0 saturated carbocycles. The molecular formula is C12H11ClO2S. The Labute approximate surface area is 104 Å². The summed E-state index contributed by atoms with van der Waals surface area (Å²) in [5, 5.41) is 0.633. The van der Waals surface area contributed by atoms with Gasteiger partial charge in [-0.1, -0.05) is 35.2 Å². The second-order valence-corrected chi connectivity index (χ2v) is 4.49. The highest BCUT2D eigenvalue weighted by Crippen LogP contribution is 2.24. The van der Waals surface area contributed by atoms with E-state index in [1.165, 1.54) is 18.7 Å². The first-order valence-electron chi connectivity index (χ1n) is 4.59. The van der Waals surface area contributed by atoms with E-state index in [0.29, 0.717) is 16.5 Å². The number of hydrogen-bond donors (Lipinski definition) is 0. The molecule has 0 N–H and O–H groups in total. The van der Waals surface area contributed by atoms with Gasteiger partial charge in [0.15, 0.2) is 5.12 Å². The predicted octanol–water partition coefficient (Wildman–Crippen LogP) is 2.98. The molecule has 0 fully saturated rings. The molecule has 0 atom stereocenters. The number of thioether (sulfide) groups is 1. The van der Waals surface area contributed by atoms with Crippen LogP contribution in [0.4, 0.5) is 0 Å². The molecule has 0 unspecified atom stereocenters. The van der Waals surface area contributed by atoms with Crippen molar-refractivity contribution in [3.8, 4) is 17.6 Å². The molecule has 0 aliphatic heterocycles. The minimum atomic E-state index is 0.0722. The van der Waals surface area contributed by atoms with Crippen LogP contribution in [0.2, 0.25) is 5.02 Å². The van der Waals surface area contributed by atoms with Crippen molar-refractivity contribution < 1.29 is 9.53 Å². The van der Waals surface area contributed by atoms with Crippen molar-refractivity contribution >= 4 is 28.5 Å². The van der Waals surface area contributed by atoms with Crippen LogP contribution in [0.3, 0.4) is 0 Å². The summed E-state index contributed by atoms with van der Waals surface area (Å²) in [7, 11) is 1.56. The molecular weight excluding hydrogens is 244 g/mol. The van der Waals surface area contributed by atoms with Crippen molar-refractivity contribution in [3.05, 3.63) is 28.8 Å². The van der Waals surface area contributed by atoms with Gasteiger partial charge >= 0.3 is 0 Å². The van der Waals surface area contributed by atoms with E-state index in [2.05, 4.69) is 11.8 Å². The van der Waals surface area contributed by atoms with Crippen molar-refractivity contribution in [2.45, 2.75) is 6.92 Å². The summed E-state index contributed by atoms with van der Waals surface area (Å²) < 4.78 is 5.07. The number of carbonyl (C=O) groups excluding carboxylic acids is 1. The minimum Gasteiger partial charge on any atom is -0.495 e. The Morgan fingerprint density at radius 3 is 2.94 bits per heavy atom. The van der Waals surface area contributed by atoms with Crippen LogP contribution in [0.15, 0.2) is 18.2 Å². The number of methoxy groups -OCH3 is 1. The summed E-state index contributed by atoms with van der Waals surface area (Å²) in [5.41, 5.74) is 0.824. The topological polar surface area (TPSA) is 26.3 Å². The lowest BCUT2D eigenvalue weighted by atomic mass is 10.2. The zero-order valence-corrected chi connectivity index (χ0v) is 10.6. The molecule has 84 valence electrons. The SMILES string of the molecule is COc1cc(C#CCSC(C)=O)ccc1Cl. The quantitative estimate of drug-likeness (QED) is 0.759. The predicted molar refractivity (Wildman–Crippen MR) is 68.0 cm³/mol. The first-order valence-corrected chi connectivity index (χ1v) is 5.95. The van der Waals surface area contributed by atoms with E-state index in [1.807, 2.05) is 6.07 Å². The van der Waals surface area contributed by atoms with Crippen LogP contribution >= 0.6 is 23.4 Å². The number of benzene rings is 1. The van der Waals surface area contributed by atoms with E-state index >= 15 is 0 Å². The second kappa shape index (κ2) is 6.47. The second-order valence-electron chi connectivity index (χ2n) is 2.93. The first-order chi connectivity index (χ1) is 7.63. The molecule has 16 heavy (non-hydrogen) atoms. The normalized spacial score (nSPS) is 9.19. The third-order valence-electron chi connectivity index (χ3n) is 1.73. The number of rotatable bonds is 2. The average molecular weight is 255 g/mol. The Morgan fingerprint density at radius 1 is 1.56 bits per heavy atom. The maximum Gasteiger partial charge on any atom is 0.186 e. The Balaban J connectivity index is 2.70. The van der Waals surface area contributed by atoms with Crippen LogP contribution in [0, 0.1) is 11.8 Å². The molecule has 0 bridgehead atoms. The highest BCUT2D eigenvalue weighted by Gasteiger charge is 1.99. The molecule has 1 aromatic rings. The highest BCUT2D eigenvalue weighted by atomic mass is 35.5. The fraction of sp³-hybridized carbons (Fsp3) is 0.250. The van der Waals surface area contributed by atoms with Crippen LogP contribution in [-0.2, 0) is 4.79 Å². The number of ether oxygens (including phenoxy) is 1. The molecule has 0 saturated heterocycles. The van der Waals surface area contributed by atoms with Crippen molar-refractivity contribution in [1.82, 2.24) is 0 Å². The third-order valence-corrected chi connectivity index (χ3v) is 2.74. The molecule has 0 aromatic heterocycles. The molecule has 0 amide bonds. The Bertz CT molecular complexity index is 446. The molecule has 0 aliphatic carbocycles. The Kier molecular flexibility index (Phi) is 5.24. The van der Waals surface area contributed by atoms with Gasteiger partial charge < -0.3 is 4.74 Å². The number of halogens is 1. The van der Waals surface area contributed by atoms with E-state index in [0.717, 1.165) is 5.56 Å². The molecule has 0 heterocycles. The molecule has 2 nitrogen and oxygen atoms in total. The van der Waals surface area contributed by atoms with Gasteiger partial charge in [0.05, 0.1) is 17.9 Å². The largest absolute Gasteiger partial charge is 0.495 e. The standard InChI is InChI=1S/C12H11ClO2S/c1-9(14)16-7-3-4-10-5-6-11(13)12(8-10)15-2/h5-6,8H,7H2,1-2H3. The van der Waals surface area contributed by atoms with Gasteiger partial charge in [-0.05, 0) is 18.2 Å². The van der Waals surface area contributed by atoms with E-state index in [-0.39, 0.29) is 5.12 Å². The third kappa shape index (κ3) is 4.18. The van der Waals surface area contributed by atoms with Crippen LogP contribution in [0.5, 0.6) is 5.75 Å². The van der Waals surface area contributed by atoms with Gasteiger partial charge in [-0.15, -0.1) is 0 Å². The lowest BCUT2D eigenvalue weighted by Gasteiger charge is -2.01. The van der Waals surface area contributed by atoms with E-state index < -0.39 is 0 Å². The maximum absolute atomic E-state index is 10.7. The van der Waals surface area contributed by atoms with Gasteiger partial charge in [-0.25, -0.2) is 0 Å². The van der Waals surface area contributed by atoms with E-state index in [1.54, 1.807) is 19.2 Å². The summed E-state index contributed by atoms with van der Waals surface area (Å²) in [6.45, 7) is 1.53.